The Morgan fingerprint density at radius 2 is 1.72 bits per heavy atom. The highest BCUT2D eigenvalue weighted by Crippen LogP contribution is 2.39. The number of alkyl halides is 3. The number of aryl methyl sites for hydroxylation is 1. The monoisotopic (exact) mass is 440 g/mol. The first-order valence-electron chi connectivity index (χ1n) is 10.1. The number of para-hydroxylation sites is 1. The van der Waals surface area contributed by atoms with Gasteiger partial charge in [-0.3, -0.25) is 10.1 Å². The Labute approximate surface area is 181 Å². The van der Waals surface area contributed by atoms with E-state index in [2.05, 4.69) is 21.7 Å². The zero-order chi connectivity index (χ0) is 22.9. The lowest BCUT2D eigenvalue weighted by Crippen LogP contribution is -2.06. The molecule has 0 saturated heterocycles. The predicted octanol–water partition coefficient (Wildman–Crippen LogP) is 7.94. The molecule has 1 heterocycles. The number of nitro benzene ring substituents is 1. The second kappa shape index (κ2) is 8.41. The largest absolute Gasteiger partial charge is 0.418 e. The molecule has 164 valence electrons. The predicted molar refractivity (Wildman–Crippen MR) is 117 cm³/mol. The maximum atomic E-state index is 13.4. The van der Waals surface area contributed by atoms with Gasteiger partial charge >= 0.3 is 6.18 Å². The van der Waals surface area contributed by atoms with Gasteiger partial charge in [0.2, 0.25) is 0 Å². The number of unbranched alkanes of at least 4 members (excludes halogenated alkanes) is 1. The van der Waals surface area contributed by atoms with Crippen molar-refractivity contribution >= 4 is 38.9 Å². The van der Waals surface area contributed by atoms with Gasteiger partial charge in [-0.2, -0.15) is 18.3 Å². The first kappa shape index (κ1) is 21.5. The van der Waals surface area contributed by atoms with Crippen LogP contribution in [-0.2, 0) is 12.7 Å². The van der Waals surface area contributed by atoms with Gasteiger partial charge in [-0.15, -0.1) is 5.11 Å². The van der Waals surface area contributed by atoms with E-state index in [1.54, 1.807) is 12.1 Å². The molecule has 0 amide bonds. The molecule has 32 heavy (non-hydrogen) atoms. The number of aromatic nitrogens is 1. The van der Waals surface area contributed by atoms with E-state index < -0.39 is 28.0 Å². The first-order valence-corrected chi connectivity index (χ1v) is 10.1. The summed E-state index contributed by atoms with van der Waals surface area (Å²) in [7, 11) is 0. The molecule has 0 radical (unpaired) electrons. The minimum absolute atomic E-state index is 0.391. The Morgan fingerprint density at radius 1 is 0.969 bits per heavy atom. The highest BCUT2D eigenvalue weighted by Gasteiger charge is 2.35. The van der Waals surface area contributed by atoms with Crippen LogP contribution >= 0.6 is 0 Å². The summed E-state index contributed by atoms with van der Waals surface area (Å²) in [6.07, 6.45) is -2.72. The molecule has 0 aliphatic rings. The number of nitro groups is 1. The van der Waals surface area contributed by atoms with E-state index in [1.807, 2.05) is 30.3 Å². The van der Waals surface area contributed by atoms with E-state index in [-0.39, 0.29) is 0 Å². The molecule has 0 N–H and O–H groups in total. The Morgan fingerprint density at radius 3 is 2.44 bits per heavy atom. The van der Waals surface area contributed by atoms with Crippen LogP contribution in [0.4, 0.5) is 30.2 Å². The lowest BCUT2D eigenvalue weighted by Gasteiger charge is -2.08. The van der Waals surface area contributed by atoms with Crippen LogP contribution in [0.15, 0.2) is 70.9 Å². The average molecular weight is 440 g/mol. The van der Waals surface area contributed by atoms with Gasteiger partial charge in [-0.05, 0) is 36.8 Å². The molecule has 0 atom stereocenters. The summed E-state index contributed by atoms with van der Waals surface area (Å²) in [5.41, 5.74) is 0.158. The van der Waals surface area contributed by atoms with Crippen LogP contribution in [0.2, 0.25) is 0 Å². The normalized spacial score (nSPS) is 12.2. The fourth-order valence-electron chi connectivity index (χ4n) is 3.72. The Hall–Kier alpha value is -3.75. The van der Waals surface area contributed by atoms with Crippen LogP contribution in [0.25, 0.3) is 21.8 Å². The van der Waals surface area contributed by atoms with E-state index in [1.165, 1.54) is 0 Å². The van der Waals surface area contributed by atoms with Gasteiger partial charge in [-0.25, -0.2) is 0 Å². The summed E-state index contributed by atoms with van der Waals surface area (Å²) in [4.78, 5) is 9.98. The molecule has 1 aromatic heterocycles. The third kappa shape index (κ3) is 4.05. The topological polar surface area (TPSA) is 72.8 Å². The number of hydrogen-bond donors (Lipinski definition) is 0. The average Bonchev–Trinajstić information content (AvgIpc) is 3.08. The van der Waals surface area contributed by atoms with Crippen molar-refractivity contribution in [1.82, 2.24) is 4.57 Å². The number of fused-ring (bicyclic) bond motifs is 3. The minimum atomic E-state index is -4.79. The number of azo groups is 1. The molecular weight excluding hydrogens is 421 g/mol. The molecule has 3 aromatic carbocycles. The molecule has 6 nitrogen and oxygen atoms in total. The highest BCUT2D eigenvalue weighted by molar-refractivity contribution is 6.08. The van der Waals surface area contributed by atoms with E-state index in [4.69, 9.17) is 0 Å². The van der Waals surface area contributed by atoms with Crippen molar-refractivity contribution in [1.29, 1.82) is 0 Å². The molecule has 0 bridgehead atoms. The van der Waals surface area contributed by atoms with Crippen LogP contribution in [0.1, 0.15) is 25.3 Å². The fourth-order valence-corrected chi connectivity index (χ4v) is 3.72. The molecule has 0 aliphatic carbocycles. The molecule has 0 unspecified atom stereocenters. The van der Waals surface area contributed by atoms with Crippen molar-refractivity contribution in [2.75, 3.05) is 0 Å². The van der Waals surface area contributed by atoms with Crippen LogP contribution in [-0.4, -0.2) is 9.49 Å². The number of halogens is 3. The van der Waals surface area contributed by atoms with Crippen LogP contribution in [0.5, 0.6) is 0 Å². The molecular formula is C23H19F3N4O2. The van der Waals surface area contributed by atoms with Gasteiger partial charge in [0.1, 0.15) is 0 Å². The third-order valence-electron chi connectivity index (χ3n) is 5.26. The van der Waals surface area contributed by atoms with Crippen molar-refractivity contribution in [3.05, 3.63) is 76.3 Å². The van der Waals surface area contributed by atoms with Crippen molar-refractivity contribution in [3.63, 3.8) is 0 Å². The lowest BCUT2D eigenvalue weighted by atomic mass is 10.1. The van der Waals surface area contributed by atoms with Crippen LogP contribution in [0.3, 0.4) is 0 Å². The maximum Gasteiger partial charge on any atom is 0.418 e. The van der Waals surface area contributed by atoms with Gasteiger partial charge in [0.15, 0.2) is 0 Å². The van der Waals surface area contributed by atoms with E-state index in [9.17, 15) is 23.3 Å². The molecule has 9 heteroatoms. The molecule has 0 saturated carbocycles. The van der Waals surface area contributed by atoms with Crippen LogP contribution in [0, 0.1) is 10.1 Å². The molecule has 0 aliphatic heterocycles. The number of benzene rings is 3. The first-order chi connectivity index (χ1) is 15.3. The smallest absolute Gasteiger partial charge is 0.340 e. The summed E-state index contributed by atoms with van der Waals surface area (Å²) in [6, 6.07) is 15.7. The number of rotatable bonds is 6. The zero-order valence-electron chi connectivity index (χ0n) is 17.1. The summed E-state index contributed by atoms with van der Waals surface area (Å²) >= 11 is 0. The van der Waals surface area contributed by atoms with Gasteiger partial charge in [0, 0.05) is 40.5 Å². The summed E-state index contributed by atoms with van der Waals surface area (Å²) in [6.45, 7) is 2.99. The number of hydrogen-bond acceptors (Lipinski definition) is 4. The van der Waals surface area contributed by atoms with Crippen molar-refractivity contribution in [2.24, 2.45) is 10.2 Å². The van der Waals surface area contributed by atoms with Crippen molar-refractivity contribution in [3.8, 4) is 0 Å². The van der Waals surface area contributed by atoms with Crippen molar-refractivity contribution < 1.29 is 18.1 Å². The van der Waals surface area contributed by atoms with E-state index in [0.29, 0.717) is 11.8 Å². The Balaban J connectivity index is 1.77. The molecule has 4 aromatic rings. The SMILES string of the molecule is CCCCn1c2ccccc2c2cc(N=Nc3ccc([N+](=O)[O-])cc3C(F)(F)F)ccc21. The standard InChI is InChI=1S/C23H19F3N4O2/c1-2-3-12-29-21-7-5-4-6-17(21)18-13-15(8-11-22(18)29)27-28-20-10-9-16(30(31)32)14-19(20)23(24,25)26/h4-11,13-14H,2-3,12H2,1H3. The van der Waals surface area contributed by atoms with E-state index in [0.717, 1.165) is 53.3 Å². The maximum absolute atomic E-state index is 13.4. The van der Waals surface area contributed by atoms with E-state index >= 15 is 0 Å². The van der Waals surface area contributed by atoms with Crippen LogP contribution < -0.4 is 0 Å². The highest BCUT2D eigenvalue weighted by atomic mass is 19.4. The number of non-ortho nitro benzene ring substituents is 1. The minimum Gasteiger partial charge on any atom is -0.340 e. The second-order valence-corrected chi connectivity index (χ2v) is 7.38. The molecule has 0 spiro atoms. The fraction of sp³-hybridized carbons (Fsp3) is 0.217. The summed E-state index contributed by atoms with van der Waals surface area (Å²) < 4.78 is 42.4. The lowest BCUT2D eigenvalue weighted by molar-refractivity contribution is -0.385. The second-order valence-electron chi connectivity index (χ2n) is 7.38. The van der Waals surface area contributed by atoms with Gasteiger partial charge < -0.3 is 4.57 Å². The summed E-state index contributed by atoms with van der Waals surface area (Å²) in [5.74, 6) is 0. The molecule has 0 fully saturated rings. The third-order valence-corrected chi connectivity index (χ3v) is 5.26. The van der Waals surface area contributed by atoms with Gasteiger partial charge in [-0.1, -0.05) is 31.5 Å². The Bertz CT molecular complexity index is 1340. The quantitative estimate of drug-likeness (QED) is 0.173. The van der Waals surface area contributed by atoms with Crippen molar-refractivity contribution in [2.45, 2.75) is 32.5 Å². The number of nitrogens with zero attached hydrogens (tertiary/aromatic N) is 4. The van der Waals surface area contributed by atoms with Gasteiger partial charge in [0.25, 0.3) is 5.69 Å². The van der Waals surface area contributed by atoms with Gasteiger partial charge in [0.05, 0.1) is 21.9 Å². The Kier molecular flexibility index (Phi) is 5.65. The zero-order valence-corrected chi connectivity index (χ0v) is 17.1. The summed E-state index contributed by atoms with van der Waals surface area (Å²) in [5, 5.41) is 20.6. The molecule has 4 rings (SSSR count).